The Morgan fingerprint density at radius 1 is 0.320 bits per heavy atom. The molecule has 0 aliphatic rings. The van der Waals surface area contributed by atoms with Crippen molar-refractivity contribution in [3.63, 3.8) is 0 Å². The summed E-state index contributed by atoms with van der Waals surface area (Å²) >= 11 is 0. The van der Waals surface area contributed by atoms with E-state index in [4.69, 9.17) is 24.3 Å². The Kier molecular flexibility index (Phi) is 79.3. The molecule has 0 rings (SSSR count). The van der Waals surface area contributed by atoms with Crippen LogP contribution in [0.15, 0.2) is 97.2 Å². The molecule has 0 radical (unpaired) electrons. The molecule has 10 heteroatoms. The lowest BCUT2D eigenvalue weighted by Crippen LogP contribution is -2.29. The summed E-state index contributed by atoms with van der Waals surface area (Å²) in [5.41, 5.74) is 5.42. The van der Waals surface area contributed by atoms with Gasteiger partial charge in [0.05, 0.1) is 13.2 Å². The summed E-state index contributed by atoms with van der Waals surface area (Å²) in [6, 6.07) is 0. The minimum absolute atomic E-state index is 0.0541. The Bertz CT molecular complexity index is 1920. The van der Waals surface area contributed by atoms with Crippen molar-refractivity contribution in [2.45, 2.75) is 418 Å². The highest BCUT2D eigenvalue weighted by Gasteiger charge is 2.26. The van der Waals surface area contributed by atoms with Crippen LogP contribution < -0.4 is 5.73 Å². The second kappa shape index (κ2) is 81.9. The van der Waals surface area contributed by atoms with Gasteiger partial charge in [0.1, 0.15) is 6.61 Å². The maximum absolute atomic E-state index is 12.8. The van der Waals surface area contributed by atoms with E-state index >= 15 is 0 Å². The van der Waals surface area contributed by atoms with Crippen molar-refractivity contribution in [3.8, 4) is 0 Å². The van der Waals surface area contributed by atoms with E-state index in [1.165, 1.54) is 302 Å². The van der Waals surface area contributed by atoms with Gasteiger partial charge in [-0.2, -0.15) is 0 Å². The predicted molar refractivity (Wildman–Crippen MR) is 422 cm³/mol. The van der Waals surface area contributed by atoms with Crippen LogP contribution >= 0.6 is 7.82 Å². The zero-order valence-electron chi connectivity index (χ0n) is 63.8. The van der Waals surface area contributed by atoms with Gasteiger partial charge in [0.15, 0.2) is 6.10 Å². The van der Waals surface area contributed by atoms with E-state index in [9.17, 15) is 19.0 Å². The molecule has 0 aromatic rings. The molecule has 97 heavy (non-hydrogen) atoms. The number of hydrogen-bond acceptors (Lipinski definition) is 8. The lowest BCUT2D eigenvalue weighted by atomic mass is 10.0. The predicted octanol–water partition coefficient (Wildman–Crippen LogP) is 28.2. The van der Waals surface area contributed by atoms with E-state index in [1.807, 2.05) is 0 Å². The average Bonchev–Trinajstić information content (AvgIpc) is 2.57. The van der Waals surface area contributed by atoms with Crippen LogP contribution in [-0.2, 0) is 32.7 Å². The Balaban J connectivity index is 3.76. The van der Waals surface area contributed by atoms with Crippen LogP contribution in [-0.4, -0.2) is 49.3 Å². The fraction of sp³-hybridized carbons (Fsp3) is 0.793. The molecule has 0 aliphatic heterocycles. The third-order valence-electron chi connectivity index (χ3n) is 18.5. The van der Waals surface area contributed by atoms with Crippen LogP contribution in [0.4, 0.5) is 0 Å². The van der Waals surface area contributed by atoms with E-state index < -0.39 is 26.5 Å². The molecule has 0 fully saturated rings. The molecule has 0 heterocycles. The molecular formula is C87H158NO8P. The zero-order valence-corrected chi connectivity index (χ0v) is 64.7. The van der Waals surface area contributed by atoms with Gasteiger partial charge in [-0.15, -0.1) is 0 Å². The van der Waals surface area contributed by atoms with Crippen molar-refractivity contribution in [3.05, 3.63) is 97.2 Å². The van der Waals surface area contributed by atoms with Gasteiger partial charge in [0.2, 0.25) is 0 Å². The summed E-state index contributed by atoms with van der Waals surface area (Å²) in [5, 5.41) is 0. The molecule has 0 bridgehead atoms. The fourth-order valence-electron chi connectivity index (χ4n) is 12.3. The third-order valence-corrected chi connectivity index (χ3v) is 19.4. The van der Waals surface area contributed by atoms with Crippen molar-refractivity contribution in [2.24, 2.45) is 5.73 Å². The Morgan fingerprint density at radius 2 is 0.567 bits per heavy atom. The molecule has 0 saturated carbocycles. The summed E-state index contributed by atoms with van der Waals surface area (Å²) in [4.78, 5) is 35.5. The van der Waals surface area contributed by atoms with Crippen LogP contribution in [0, 0.1) is 0 Å². The number of hydrogen-bond donors (Lipinski definition) is 2. The number of unbranched alkanes of at least 4 members (excludes halogenated alkanes) is 50. The Labute approximate surface area is 601 Å². The molecule has 0 aliphatic carbocycles. The first-order valence-electron chi connectivity index (χ1n) is 41.7. The first kappa shape index (κ1) is 93.9. The zero-order chi connectivity index (χ0) is 70.0. The Morgan fingerprint density at radius 3 is 0.845 bits per heavy atom. The fourth-order valence-corrected chi connectivity index (χ4v) is 13.1. The normalized spacial score (nSPS) is 13.3. The number of phosphoric acid groups is 1. The van der Waals surface area contributed by atoms with Gasteiger partial charge in [0.25, 0.3) is 0 Å². The van der Waals surface area contributed by atoms with Crippen LogP contribution in [0.3, 0.4) is 0 Å². The van der Waals surface area contributed by atoms with Gasteiger partial charge in [-0.3, -0.25) is 18.6 Å². The van der Waals surface area contributed by atoms with Crippen molar-refractivity contribution in [1.82, 2.24) is 0 Å². The highest BCUT2D eigenvalue weighted by Crippen LogP contribution is 2.43. The minimum atomic E-state index is -4.40. The van der Waals surface area contributed by atoms with E-state index in [1.54, 1.807) is 0 Å². The second-order valence-electron chi connectivity index (χ2n) is 28.0. The van der Waals surface area contributed by atoms with Gasteiger partial charge < -0.3 is 20.1 Å². The maximum atomic E-state index is 12.8. The van der Waals surface area contributed by atoms with Crippen molar-refractivity contribution in [1.29, 1.82) is 0 Å². The summed E-state index contributed by atoms with van der Waals surface area (Å²) in [5.74, 6) is -0.806. The topological polar surface area (TPSA) is 134 Å². The molecule has 0 aromatic carbocycles. The van der Waals surface area contributed by atoms with Crippen LogP contribution in [0.25, 0.3) is 0 Å². The van der Waals surface area contributed by atoms with Gasteiger partial charge >= 0.3 is 19.8 Å². The SMILES string of the molecule is CC/C=C\C/C=C\C/C=C\C/C=C\C/C=C\C/C=C\CCCCCCCCCCCCCCCCCCCCCCCCC(=O)OC(COC(=O)CCCCCCCCCCCCCCCCCCCCCCCCC/C=C\C/C=C\CCCCCCC)COP(=O)(O)OCCN. The molecule has 0 spiro atoms. The van der Waals surface area contributed by atoms with Gasteiger partial charge in [-0.05, 0) is 96.3 Å². The number of rotatable bonds is 79. The highest BCUT2D eigenvalue weighted by molar-refractivity contribution is 7.47. The standard InChI is InChI=1S/C87H158NO8P/c1-3-5-7-9-11-13-15-17-19-21-23-25-27-29-31-33-35-37-39-40-41-42-43-44-46-48-50-52-54-56-58-60-62-64-66-68-70-72-74-76-78-80-87(90)96-85(84-95-97(91,92)94-82-81-88)83-93-86(89)79-77-75-73-71-69-67-65-63-61-59-57-55-53-51-49-47-45-38-36-34-32-30-28-26-24-22-20-18-16-14-12-10-8-6-4-2/h5,7,11,13,16-19,22-25,29,31,35,37,85H,3-4,6,8-10,12,14-15,20-21,26-28,30,32-34,36,38-84,88H2,1-2H3,(H,91,92)/b7-5-,13-11-,18-16-,19-17-,24-22-,25-23-,31-29-,37-35-. The Hall–Kier alpha value is -3.07. The van der Waals surface area contributed by atoms with E-state index in [2.05, 4.69) is 111 Å². The first-order chi connectivity index (χ1) is 47.8. The smallest absolute Gasteiger partial charge is 0.462 e. The molecule has 2 unspecified atom stereocenters. The summed E-state index contributed by atoms with van der Waals surface area (Å²) in [6.45, 7) is 3.68. The van der Waals surface area contributed by atoms with E-state index in [-0.39, 0.29) is 38.6 Å². The number of carbonyl (C=O) groups is 2. The minimum Gasteiger partial charge on any atom is -0.462 e. The first-order valence-corrected chi connectivity index (χ1v) is 43.2. The molecule has 2 atom stereocenters. The molecule has 0 amide bonds. The van der Waals surface area contributed by atoms with Gasteiger partial charge in [-0.1, -0.05) is 400 Å². The third kappa shape index (κ3) is 81.8. The second-order valence-corrected chi connectivity index (χ2v) is 29.4. The number of allylic oxidation sites excluding steroid dienone is 16. The summed E-state index contributed by atoms with van der Waals surface area (Å²) in [6.07, 6.45) is 113. The van der Waals surface area contributed by atoms with Crippen molar-refractivity contribution < 1.29 is 37.6 Å². The highest BCUT2D eigenvalue weighted by atomic mass is 31.2. The van der Waals surface area contributed by atoms with Gasteiger partial charge in [0, 0.05) is 19.4 Å². The van der Waals surface area contributed by atoms with Crippen LogP contribution in [0.1, 0.15) is 412 Å². The van der Waals surface area contributed by atoms with E-state index in [0.29, 0.717) is 6.42 Å². The maximum Gasteiger partial charge on any atom is 0.472 e. The number of nitrogens with two attached hydrogens (primary N) is 1. The monoisotopic (exact) mass is 1380 g/mol. The molecule has 9 nitrogen and oxygen atoms in total. The average molecular weight is 1380 g/mol. The van der Waals surface area contributed by atoms with Crippen LogP contribution in [0.2, 0.25) is 0 Å². The van der Waals surface area contributed by atoms with E-state index in [0.717, 1.165) is 77.0 Å². The lowest BCUT2D eigenvalue weighted by molar-refractivity contribution is -0.161. The van der Waals surface area contributed by atoms with Crippen LogP contribution in [0.5, 0.6) is 0 Å². The number of ether oxygens (including phenoxy) is 2. The van der Waals surface area contributed by atoms with Gasteiger partial charge in [-0.25, -0.2) is 4.57 Å². The number of carbonyl (C=O) groups excluding carboxylic acids is 2. The summed E-state index contributed by atoms with van der Waals surface area (Å²) < 4.78 is 33.3. The number of phosphoric ester groups is 1. The molecule has 3 N–H and O–H groups in total. The molecule has 564 valence electrons. The quantitative estimate of drug-likeness (QED) is 0.0264. The van der Waals surface area contributed by atoms with Crippen molar-refractivity contribution in [2.75, 3.05) is 26.4 Å². The molecule has 0 saturated heterocycles. The number of esters is 2. The van der Waals surface area contributed by atoms with Crippen molar-refractivity contribution >= 4 is 19.8 Å². The largest absolute Gasteiger partial charge is 0.472 e. The molecule has 0 aromatic heterocycles. The lowest BCUT2D eigenvalue weighted by Gasteiger charge is -2.19. The molecular weight excluding hydrogens is 1220 g/mol. The summed E-state index contributed by atoms with van der Waals surface area (Å²) in [7, 11) is -4.40.